The van der Waals surface area contributed by atoms with Crippen molar-refractivity contribution in [3.8, 4) is 0 Å². The topological polar surface area (TPSA) is 64.2 Å². The summed E-state index contributed by atoms with van der Waals surface area (Å²) >= 11 is 0. The number of nitrogens with one attached hydrogen (secondary N) is 1. The Morgan fingerprint density at radius 2 is 1.78 bits per heavy atom. The number of amides is 1. The minimum atomic E-state index is -4.40. The maximum atomic E-state index is 12.5. The first-order valence-electron chi connectivity index (χ1n) is 8.01. The third-order valence-electron chi connectivity index (χ3n) is 3.84. The summed E-state index contributed by atoms with van der Waals surface area (Å²) in [5, 5.41) is 2.58. The highest BCUT2D eigenvalue weighted by Crippen LogP contribution is 2.29. The third-order valence-corrected chi connectivity index (χ3v) is 3.84. The first kappa shape index (κ1) is 18.5. The van der Waals surface area contributed by atoms with Crippen molar-refractivity contribution in [1.82, 2.24) is 9.88 Å². The minimum absolute atomic E-state index is 0.0564. The Bertz CT molecular complexity index is 988. The number of furan rings is 1. The molecule has 0 saturated heterocycles. The molecule has 2 heterocycles. The summed E-state index contributed by atoms with van der Waals surface area (Å²) in [5.74, 6) is -0.00886. The minimum Gasteiger partial charge on any atom is -0.454 e. The Morgan fingerprint density at radius 3 is 2.44 bits per heavy atom. The van der Waals surface area contributed by atoms with Gasteiger partial charge in [-0.25, -0.2) is 0 Å². The largest absolute Gasteiger partial charge is 0.454 e. The van der Waals surface area contributed by atoms with Gasteiger partial charge < -0.3 is 14.3 Å². The van der Waals surface area contributed by atoms with Crippen LogP contribution in [0.15, 0.2) is 70.0 Å². The second kappa shape index (κ2) is 7.53. The first-order valence-corrected chi connectivity index (χ1v) is 8.01. The fraction of sp³-hybridized carbons (Fsp3) is 0.158. The van der Waals surface area contributed by atoms with E-state index in [1.807, 2.05) is 0 Å². The number of carbonyl (C=O) groups is 1. The summed E-state index contributed by atoms with van der Waals surface area (Å²) < 4.78 is 44.5. The van der Waals surface area contributed by atoms with Gasteiger partial charge in [0.1, 0.15) is 5.76 Å². The molecule has 2 aromatic heterocycles. The van der Waals surface area contributed by atoms with E-state index in [1.165, 1.54) is 28.8 Å². The number of rotatable bonds is 5. The molecule has 0 aliphatic carbocycles. The molecule has 8 heteroatoms. The fourth-order valence-electron chi connectivity index (χ4n) is 2.43. The molecule has 0 bridgehead atoms. The summed E-state index contributed by atoms with van der Waals surface area (Å²) in [5.41, 5.74) is -0.412. The van der Waals surface area contributed by atoms with Gasteiger partial charge in [0.25, 0.3) is 11.5 Å². The van der Waals surface area contributed by atoms with Gasteiger partial charge in [-0.05, 0) is 35.9 Å². The van der Waals surface area contributed by atoms with Crippen LogP contribution in [0.25, 0.3) is 0 Å². The Morgan fingerprint density at radius 1 is 1.04 bits per heavy atom. The lowest BCUT2D eigenvalue weighted by molar-refractivity contribution is -0.137. The van der Waals surface area contributed by atoms with Gasteiger partial charge >= 0.3 is 6.18 Å². The van der Waals surface area contributed by atoms with E-state index in [4.69, 9.17) is 4.42 Å². The molecule has 1 amide bonds. The van der Waals surface area contributed by atoms with Crippen LogP contribution in [0.2, 0.25) is 0 Å². The third kappa shape index (κ3) is 4.66. The molecule has 0 radical (unpaired) electrons. The van der Waals surface area contributed by atoms with Crippen molar-refractivity contribution in [2.75, 3.05) is 0 Å². The second-order valence-electron chi connectivity index (χ2n) is 5.81. The first-order chi connectivity index (χ1) is 12.8. The predicted octanol–water partition coefficient (Wildman–Crippen LogP) is 3.44. The van der Waals surface area contributed by atoms with Crippen LogP contribution in [-0.4, -0.2) is 10.5 Å². The number of nitrogens with zero attached hydrogens (tertiary/aromatic N) is 1. The zero-order valence-electron chi connectivity index (χ0n) is 14.0. The summed E-state index contributed by atoms with van der Waals surface area (Å²) in [7, 11) is 0. The van der Waals surface area contributed by atoms with E-state index in [0.29, 0.717) is 11.3 Å². The molecule has 0 saturated carbocycles. The van der Waals surface area contributed by atoms with Crippen LogP contribution in [0.1, 0.15) is 27.4 Å². The SMILES string of the molecule is O=C(NCc1ccc(C(F)(F)F)cc1)c1ccc(Cn2ccccc2=O)o1. The molecule has 5 nitrogen and oxygen atoms in total. The molecule has 3 rings (SSSR count). The Labute approximate surface area is 152 Å². The predicted molar refractivity (Wildman–Crippen MR) is 91.1 cm³/mol. The van der Waals surface area contributed by atoms with Crippen LogP contribution in [0, 0.1) is 0 Å². The van der Waals surface area contributed by atoms with Crippen molar-refractivity contribution in [1.29, 1.82) is 0 Å². The van der Waals surface area contributed by atoms with Gasteiger partial charge in [-0.15, -0.1) is 0 Å². The standard InChI is InChI=1S/C19H15F3N2O3/c20-19(21,22)14-6-4-13(5-7-14)11-23-18(26)16-9-8-15(27-16)12-24-10-2-1-3-17(24)25/h1-10H,11-12H2,(H,23,26). The van der Waals surface area contributed by atoms with Crippen molar-refractivity contribution in [2.24, 2.45) is 0 Å². The van der Waals surface area contributed by atoms with Gasteiger partial charge in [-0.1, -0.05) is 18.2 Å². The lowest BCUT2D eigenvalue weighted by atomic mass is 10.1. The van der Waals surface area contributed by atoms with E-state index < -0.39 is 17.6 Å². The average Bonchev–Trinajstić information content (AvgIpc) is 3.10. The van der Waals surface area contributed by atoms with E-state index in [1.54, 1.807) is 24.4 Å². The van der Waals surface area contributed by atoms with Gasteiger partial charge in [-0.3, -0.25) is 9.59 Å². The van der Waals surface area contributed by atoms with Crippen molar-refractivity contribution >= 4 is 5.91 Å². The summed E-state index contributed by atoms with van der Waals surface area (Å²) in [6, 6.07) is 12.4. The van der Waals surface area contributed by atoms with Crippen molar-refractivity contribution in [3.05, 3.63) is 93.8 Å². The van der Waals surface area contributed by atoms with Gasteiger partial charge in [0.2, 0.25) is 0 Å². The molecule has 3 aromatic rings. The van der Waals surface area contributed by atoms with Crippen LogP contribution >= 0.6 is 0 Å². The average molecular weight is 376 g/mol. The highest BCUT2D eigenvalue weighted by atomic mass is 19.4. The molecule has 0 aliphatic heterocycles. The monoisotopic (exact) mass is 376 g/mol. The Hall–Kier alpha value is -3.29. The van der Waals surface area contributed by atoms with Crippen molar-refractivity contribution < 1.29 is 22.4 Å². The van der Waals surface area contributed by atoms with Gasteiger partial charge in [-0.2, -0.15) is 13.2 Å². The van der Waals surface area contributed by atoms with Crippen LogP contribution < -0.4 is 10.9 Å². The van der Waals surface area contributed by atoms with E-state index in [2.05, 4.69) is 5.32 Å². The number of carbonyl (C=O) groups excluding carboxylic acids is 1. The van der Waals surface area contributed by atoms with Gasteiger partial charge in [0.15, 0.2) is 5.76 Å². The molecule has 0 aliphatic rings. The number of hydrogen-bond donors (Lipinski definition) is 1. The number of pyridine rings is 1. The molecule has 1 aromatic carbocycles. The fourth-order valence-corrected chi connectivity index (χ4v) is 2.43. The second-order valence-corrected chi connectivity index (χ2v) is 5.81. The molecule has 0 atom stereocenters. The molecule has 27 heavy (non-hydrogen) atoms. The summed E-state index contributed by atoms with van der Waals surface area (Å²) in [4.78, 5) is 23.8. The van der Waals surface area contributed by atoms with Crippen LogP contribution in [0.5, 0.6) is 0 Å². The number of aromatic nitrogens is 1. The molecule has 0 fully saturated rings. The molecule has 0 unspecified atom stereocenters. The maximum Gasteiger partial charge on any atom is 0.416 e. The number of hydrogen-bond acceptors (Lipinski definition) is 3. The highest BCUT2D eigenvalue weighted by molar-refractivity contribution is 5.91. The number of benzene rings is 1. The van der Waals surface area contributed by atoms with E-state index in [-0.39, 0.29) is 24.4 Å². The molecular weight excluding hydrogens is 361 g/mol. The van der Waals surface area contributed by atoms with E-state index in [9.17, 15) is 22.8 Å². The van der Waals surface area contributed by atoms with Gasteiger partial charge in [0.05, 0.1) is 12.1 Å². The normalized spacial score (nSPS) is 11.4. The van der Waals surface area contributed by atoms with E-state index in [0.717, 1.165) is 12.1 Å². The highest BCUT2D eigenvalue weighted by Gasteiger charge is 2.29. The molecule has 140 valence electrons. The van der Waals surface area contributed by atoms with E-state index >= 15 is 0 Å². The molecule has 1 N–H and O–H groups in total. The Balaban J connectivity index is 1.60. The smallest absolute Gasteiger partial charge is 0.416 e. The molecular formula is C19H15F3N2O3. The zero-order chi connectivity index (χ0) is 19.4. The number of halogens is 3. The summed E-state index contributed by atoms with van der Waals surface area (Å²) in [6.07, 6.45) is -2.79. The van der Waals surface area contributed by atoms with Crippen LogP contribution in [-0.2, 0) is 19.3 Å². The van der Waals surface area contributed by atoms with Crippen molar-refractivity contribution in [2.45, 2.75) is 19.3 Å². The molecule has 0 spiro atoms. The number of alkyl halides is 3. The Kier molecular flexibility index (Phi) is 5.16. The van der Waals surface area contributed by atoms with Crippen LogP contribution in [0.3, 0.4) is 0 Å². The van der Waals surface area contributed by atoms with Gasteiger partial charge in [0, 0.05) is 18.8 Å². The van der Waals surface area contributed by atoms with Crippen molar-refractivity contribution in [3.63, 3.8) is 0 Å². The lowest BCUT2D eigenvalue weighted by Gasteiger charge is -2.08. The summed E-state index contributed by atoms with van der Waals surface area (Å²) in [6.45, 7) is 0.247. The lowest BCUT2D eigenvalue weighted by Crippen LogP contribution is -2.22. The zero-order valence-corrected chi connectivity index (χ0v) is 14.0. The maximum absolute atomic E-state index is 12.5. The quantitative estimate of drug-likeness (QED) is 0.742. The van der Waals surface area contributed by atoms with Crippen LogP contribution in [0.4, 0.5) is 13.2 Å².